The molecule has 2 N–H and O–H groups in total. The average molecular weight is 415 g/mol. The molecule has 0 atom stereocenters. The second kappa shape index (κ2) is 8.41. The summed E-state index contributed by atoms with van der Waals surface area (Å²) in [5.74, 6) is 0.861. The first kappa shape index (κ1) is 21.1. The van der Waals surface area contributed by atoms with E-state index in [1.165, 1.54) is 16.9 Å². The molecule has 7 nitrogen and oxygen atoms in total. The molecule has 0 saturated heterocycles. The maximum absolute atomic E-state index is 12.1. The van der Waals surface area contributed by atoms with E-state index >= 15 is 0 Å². The van der Waals surface area contributed by atoms with E-state index in [1.54, 1.807) is 0 Å². The fraction of sp³-hybridized carbons (Fsp3) is 0.476. The minimum atomic E-state index is -0.149. The van der Waals surface area contributed by atoms with Crippen LogP contribution in [0.2, 0.25) is 0 Å². The molecular weight excluding hydrogens is 384 g/mol. The van der Waals surface area contributed by atoms with Gasteiger partial charge in [-0.05, 0) is 40.2 Å². The molecule has 0 bridgehead atoms. The predicted octanol–water partition coefficient (Wildman–Crippen LogP) is 3.94. The number of aryl methyl sites for hydroxylation is 1. The summed E-state index contributed by atoms with van der Waals surface area (Å²) < 4.78 is 1.85. The van der Waals surface area contributed by atoms with Crippen molar-refractivity contribution in [1.29, 1.82) is 0 Å². The van der Waals surface area contributed by atoms with Crippen LogP contribution >= 0.6 is 11.3 Å². The molecule has 8 heteroatoms. The standard InChI is InChI=1S/C21H30N6OS/c1-7-11-22-16(28)13-26(6)20-25-27-18(24-21(3,4)5)17(23-19(27)29-20)15-10-8-9-14(2)12-15/h8-10,12,24H,7,11,13H2,1-6H3,(H,22,28). The Morgan fingerprint density at radius 1 is 1.31 bits per heavy atom. The van der Waals surface area contributed by atoms with Crippen LogP contribution in [0.4, 0.5) is 10.9 Å². The lowest BCUT2D eigenvalue weighted by atomic mass is 10.1. The number of anilines is 2. The van der Waals surface area contributed by atoms with Gasteiger partial charge in [-0.3, -0.25) is 4.79 Å². The third-order valence-corrected chi connectivity index (χ3v) is 5.28. The van der Waals surface area contributed by atoms with Gasteiger partial charge in [0, 0.05) is 24.7 Å². The van der Waals surface area contributed by atoms with E-state index in [1.807, 2.05) is 29.5 Å². The minimum absolute atomic E-state index is 0.00400. The van der Waals surface area contributed by atoms with Crippen molar-refractivity contribution in [2.24, 2.45) is 0 Å². The van der Waals surface area contributed by atoms with Gasteiger partial charge < -0.3 is 15.5 Å². The van der Waals surface area contributed by atoms with Crippen LogP contribution in [0, 0.1) is 6.92 Å². The Hall–Kier alpha value is -2.61. The van der Waals surface area contributed by atoms with Crippen LogP contribution in [0.5, 0.6) is 0 Å². The van der Waals surface area contributed by atoms with Crippen molar-refractivity contribution in [3.05, 3.63) is 29.8 Å². The van der Waals surface area contributed by atoms with Gasteiger partial charge in [0.2, 0.25) is 16.0 Å². The summed E-state index contributed by atoms with van der Waals surface area (Å²) in [5.41, 5.74) is 2.98. The summed E-state index contributed by atoms with van der Waals surface area (Å²) in [6.07, 6.45) is 0.921. The number of aromatic nitrogens is 3. The minimum Gasteiger partial charge on any atom is -0.364 e. The lowest BCUT2D eigenvalue weighted by molar-refractivity contribution is -0.119. The number of nitrogens with one attached hydrogen (secondary N) is 2. The number of amides is 1. The number of hydrogen-bond acceptors (Lipinski definition) is 6. The second-order valence-corrected chi connectivity index (χ2v) is 9.27. The first-order chi connectivity index (χ1) is 13.7. The van der Waals surface area contributed by atoms with Crippen LogP contribution in [-0.4, -0.2) is 46.2 Å². The third kappa shape index (κ3) is 5.06. The summed E-state index contributed by atoms with van der Waals surface area (Å²) >= 11 is 1.48. The number of hydrogen-bond donors (Lipinski definition) is 2. The normalized spacial score (nSPS) is 11.7. The number of fused-ring (bicyclic) bond motifs is 1. The van der Waals surface area contributed by atoms with Gasteiger partial charge in [-0.1, -0.05) is 42.0 Å². The molecule has 2 heterocycles. The average Bonchev–Trinajstić information content (AvgIpc) is 3.18. The summed E-state index contributed by atoms with van der Waals surface area (Å²) in [6.45, 7) is 11.4. The molecule has 29 heavy (non-hydrogen) atoms. The number of nitrogens with zero attached hydrogens (tertiary/aromatic N) is 4. The molecule has 0 aliphatic rings. The predicted molar refractivity (Wildman–Crippen MR) is 121 cm³/mol. The van der Waals surface area contributed by atoms with E-state index < -0.39 is 0 Å². The zero-order chi connectivity index (χ0) is 21.2. The molecule has 0 unspecified atom stereocenters. The van der Waals surface area contributed by atoms with Gasteiger partial charge in [0.25, 0.3) is 0 Å². The molecule has 0 spiro atoms. The van der Waals surface area contributed by atoms with Gasteiger partial charge in [-0.25, -0.2) is 4.98 Å². The summed E-state index contributed by atoms with van der Waals surface area (Å²) in [4.78, 5) is 19.6. The SMILES string of the molecule is CCCNC(=O)CN(C)c1nn2c(NC(C)(C)C)c(-c3cccc(C)c3)nc2s1. The highest BCUT2D eigenvalue weighted by molar-refractivity contribution is 7.20. The third-order valence-electron chi connectivity index (χ3n) is 4.26. The van der Waals surface area contributed by atoms with Gasteiger partial charge in [0.1, 0.15) is 5.69 Å². The molecule has 3 aromatic rings. The van der Waals surface area contributed by atoms with E-state index in [0.29, 0.717) is 6.54 Å². The molecule has 0 fully saturated rings. The number of likely N-dealkylation sites (N-methyl/N-ethyl adjacent to an activating group) is 1. The molecule has 0 saturated carbocycles. The van der Waals surface area contributed by atoms with Crippen molar-refractivity contribution in [2.45, 2.75) is 46.6 Å². The monoisotopic (exact) mass is 414 g/mol. The number of imidazole rings is 1. The lowest BCUT2D eigenvalue weighted by Gasteiger charge is -2.22. The Kier molecular flexibility index (Phi) is 6.12. The van der Waals surface area contributed by atoms with Gasteiger partial charge in [-0.2, -0.15) is 4.52 Å². The number of rotatable bonds is 7. The van der Waals surface area contributed by atoms with E-state index in [9.17, 15) is 4.79 Å². The smallest absolute Gasteiger partial charge is 0.239 e. The van der Waals surface area contributed by atoms with E-state index in [4.69, 9.17) is 10.1 Å². The Morgan fingerprint density at radius 3 is 2.72 bits per heavy atom. The van der Waals surface area contributed by atoms with Crippen molar-refractivity contribution in [1.82, 2.24) is 19.9 Å². The molecule has 0 aliphatic heterocycles. The van der Waals surface area contributed by atoms with Crippen molar-refractivity contribution in [3.8, 4) is 11.3 Å². The van der Waals surface area contributed by atoms with Gasteiger partial charge >= 0.3 is 0 Å². The highest BCUT2D eigenvalue weighted by Gasteiger charge is 2.23. The molecule has 1 aromatic carbocycles. The molecule has 1 amide bonds. The molecule has 0 radical (unpaired) electrons. The van der Waals surface area contributed by atoms with Gasteiger partial charge in [0.15, 0.2) is 5.82 Å². The fourth-order valence-electron chi connectivity index (χ4n) is 2.96. The topological polar surface area (TPSA) is 74.6 Å². The van der Waals surface area contributed by atoms with Crippen molar-refractivity contribution >= 4 is 33.2 Å². The quantitative estimate of drug-likeness (QED) is 0.613. The first-order valence-corrected chi connectivity index (χ1v) is 10.7. The van der Waals surface area contributed by atoms with E-state index in [2.05, 4.69) is 56.5 Å². The Balaban J connectivity index is 1.97. The highest BCUT2D eigenvalue weighted by atomic mass is 32.1. The van der Waals surface area contributed by atoms with Crippen LogP contribution < -0.4 is 15.5 Å². The first-order valence-electron chi connectivity index (χ1n) is 9.90. The van der Waals surface area contributed by atoms with Crippen LogP contribution in [-0.2, 0) is 4.79 Å². The zero-order valence-corrected chi connectivity index (χ0v) is 18.9. The van der Waals surface area contributed by atoms with Crippen molar-refractivity contribution in [3.63, 3.8) is 0 Å². The summed E-state index contributed by atoms with van der Waals surface area (Å²) in [6, 6.07) is 8.32. The summed E-state index contributed by atoms with van der Waals surface area (Å²) in [7, 11) is 1.88. The maximum atomic E-state index is 12.1. The molecule has 156 valence electrons. The van der Waals surface area contributed by atoms with Crippen LogP contribution in [0.3, 0.4) is 0 Å². The lowest BCUT2D eigenvalue weighted by Crippen LogP contribution is -2.35. The number of benzene rings is 1. The van der Waals surface area contributed by atoms with Crippen LogP contribution in [0.25, 0.3) is 16.2 Å². The van der Waals surface area contributed by atoms with E-state index in [-0.39, 0.29) is 18.0 Å². The zero-order valence-electron chi connectivity index (χ0n) is 18.0. The number of carbonyl (C=O) groups is 1. The number of carbonyl (C=O) groups excluding carboxylic acids is 1. The molecule has 3 rings (SSSR count). The maximum Gasteiger partial charge on any atom is 0.239 e. The fourth-order valence-corrected chi connectivity index (χ4v) is 3.82. The molecule has 0 aliphatic carbocycles. The highest BCUT2D eigenvalue weighted by Crippen LogP contribution is 2.34. The largest absolute Gasteiger partial charge is 0.364 e. The van der Waals surface area contributed by atoms with Gasteiger partial charge in [-0.15, -0.1) is 5.10 Å². The van der Waals surface area contributed by atoms with Crippen LogP contribution in [0.15, 0.2) is 24.3 Å². The van der Waals surface area contributed by atoms with Crippen molar-refractivity contribution in [2.75, 3.05) is 30.4 Å². The Bertz CT molecular complexity index is 1000. The summed E-state index contributed by atoms with van der Waals surface area (Å²) in [5, 5.41) is 12.0. The van der Waals surface area contributed by atoms with Gasteiger partial charge in [0.05, 0.1) is 6.54 Å². The Morgan fingerprint density at radius 2 is 2.07 bits per heavy atom. The van der Waals surface area contributed by atoms with Crippen LogP contribution in [0.1, 0.15) is 39.7 Å². The Labute approximate surface area is 176 Å². The molecular formula is C21H30N6OS. The van der Waals surface area contributed by atoms with E-state index in [0.717, 1.165) is 33.6 Å². The second-order valence-electron chi connectivity index (χ2n) is 8.34. The molecule has 2 aromatic heterocycles. The van der Waals surface area contributed by atoms with Crippen molar-refractivity contribution < 1.29 is 4.79 Å².